The van der Waals surface area contributed by atoms with Gasteiger partial charge in [-0.25, -0.2) is 9.67 Å². The predicted octanol–water partition coefficient (Wildman–Crippen LogP) is 4.76. The van der Waals surface area contributed by atoms with Gasteiger partial charge >= 0.3 is 0 Å². The van der Waals surface area contributed by atoms with Crippen molar-refractivity contribution in [3.63, 3.8) is 0 Å². The molecule has 1 saturated carbocycles. The summed E-state index contributed by atoms with van der Waals surface area (Å²) < 4.78 is 1.91. The first-order chi connectivity index (χ1) is 13.5. The molecular formula is C23H28N4O. The fourth-order valence-corrected chi connectivity index (χ4v) is 3.83. The molecule has 146 valence electrons. The van der Waals surface area contributed by atoms with Crippen LogP contribution in [0.4, 0.5) is 0 Å². The third-order valence-corrected chi connectivity index (χ3v) is 5.73. The molecule has 1 unspecified atom stereocenters. The first-order valence-electron chi connectivity index (χ1n) is 10.2. The highest BCUT2D eigenvalue weighted by Crippen LogP contribution is 2.36. The predicted molar refractivity (Wildman–Crippen MR) is 111 cm³/mol. The summed E-state index contributed by atoms with van der Waals surface area (Å²) in [5.74, 6) is 0.667. The van der Waals surface area contributed by atoms with Crippen molar-refractivity contribution in [2.45, 2.75) is 59.2 Å². The molecule has 2 aromatic heterocycles. The standard InChI is InChI=1S/C23H28N4O/c1-15(2)27-22-20(13-24-27)12-21(16(3)25-22)23(28)26(17(4)19-10-11-19)14-18-8-6-5-7-9-18/h5-9,12-13,15,17,19H,10-11,14H2,1-4H3. The number of aryl methyl sites for hydroxylation is 1. The van der Waals surface area contributed by atoms with Crippen molar-refractivity contribution in [2.24, 2.45) is 5.92 Å². The molecule has 1 atom stereocenters. The van der Waals surface area contributed by atoms with Crippen molar-refractivity contribution in [3.05, 3.63) is 59.4 Å². The number of aromatic nitrogens is 3. The molecule has 0 radical (unpaired) electrons. The smallest absolute Gasteiger partial charge is 0.256 e. The summed E-state index contributed by atoms with van der Waals surface area (Å²) in [4.78, 5) is 20.4. The topological polar surface area (TPSA) is 51.0 Å². The minimum Gasteiger partial charge on any atom is -0.331 e. The van der Waals surface area contributed by atoms with Crippen molar-refractivity contribution >= 4 is 16.9 Å². The molecule has 2 heterocycles. The van der Waals surface area contributed by atoms with E-state index in [-0.39, 0.29) is 18.0 Å². The maximum Gasteiger partial charge on any atom is 0.256 e. The number of fused-ring (bicyclic) bond motifs is 1. The highest BCUT2D eigenvalue weighted by molar-refractivity contribution is 5.98. The molecule has 5 nitrogen and oxygen atoms in total. The summed E-state index contributed by atoms with van der Waals surface area (Å²) in [7, 11) is 0. The fraction of sp³-hybridized carbons (Fsp3) is 0.435. The van der Waals surface area contributed by atoms with Gasteiger partial charge in [0.15, 0.2) is 5.65 Å². The molecule has 5 heteroatoms. The number of rotatable bonds is 6. The van der Waals surface area contributed by atoms with E-state index in [1.807, 2.05) is 47.0 Å². The van der Waals surface area contributed by atoms with Crippen LogP contribution in [-0.2, 0) is 6.54 Å². The monoisotopic (exact) mass is 376 g/mol. The molecule has 3 aromatic rings. The van der Waals surface area contributed by atoms with Crippen LogP contribution in [-0.4, -0.2) is 31.6 Å². The van der Waals surface area contributed by atoms with Gasteiger partial charge in [0, 0.05) is 24.0 Å². The van der Waals surface area contributed by atoms with Gasteiger partial charge in [-0.3, -0.25) is 4.79 Å². The van der Waals surface area contributed by atoms with E-state index < -0.39 is 0 Å². The Morgan fingerprint density at radius 1 is 1.21 bits per heavy atom. The van der Waals surface area contributed by atoms with E-state index >= 15 is 0 Å². The van der Waals surface area contributed by atoms with Crippen LogP contribution in [0.15, 0.2) is 42.6 Å². The lowest BCUT2D eigenvalue weighted by Crippen LogP contribution is -2.39. The summed E-state index contributed by atoms with van der Waals surface area (Å²) in [6.07, 6.45) is 4.22. The van der Waals surface area contributed by atoms with E-state index in [2.05, 4.69) is 38.0 Å². The number of benzene rings is 1. The number of hydrogen-bond acceptors (Lipinski definition) is 3. The molecule has 1 fully saturated rings. The summed E-state index contributed by atoms with van der Waals surface area (Å²) >= 11 is 0. The van der Waals surface area contributed by atoms with Crippen LogP contribution in [0, 0.1) is 12.8 Å². The molecule has 1 aliphatic rings. The fourth-order valence-electron chi connectivity index (χ4n) is 3.83. The molecule has 28 heavy (non-hydrogen) atoms. The summed E-state index contributed by atoms with van der Waals surface area (Å²) in [5.41, 5.74) is 3.44. The quantitative estimate of drug-likeness (QED) is 0.623. The molecule has 1 aromatic carbocycles. The number of amides is 1. The van der Waals surface area contributed by atoms with E-state index in [1.165, 1.54) is 12.8 Å². The Bertz CT molecular complexity index is 989. The summed E-state index contributed by atoms with van der Waals surface area (Å²) in [6.45, 7) is 8.90. The number of nitrogens with zero attached hydrogens (tertiary/aromatic N) is 4. The Hall–Kier alpha value is -2.69. The summed E-state index contributed by atoms with van der Waals surface area (Å²) in [6, 6.07) is 12.6. The lowest BCUT2D eigenvalue weighted by atomic mass is 10.1. The van der Waals surface area contributed by atoms with Gasteiger partial charge in [-0.15, -0.1) is 0 Å². The number of hydrogen-bond donors (Lipinski definition) is 0. The van der Waals surface area contributed by atoms with Gasteiger partial charge in [0.05, 0.1) is 17.5 Å². The third kappa shape index (κ3) is 3.53. The molecule has 0 spiro atoms. The van der Waals surface area contributed by atoms with Crippen LogP contribution in [0.1, 0.15) is 61.3 Å². The SMILES string of the molecule is Cc1nc2c(cnn2C(C)C)cc1C(=O)N(Cc1ccccc1)C(C)C1CC1. The lowest BCUT2D eigenvalue weighted by Gasteiger charge is -2.30. The van der Waals surface area contributed by atoms with E-state index in [0.29, 0.717) is 18.0 Å². The van der Waals surface area contributed by atoms with Crippen molar-refractivity contribution in [1.82, 2.24) is 19.7 Å². The van der Waals surface area contributed by atoms with Crippen LogP contribution in [0.25, 0.3) is 11.0 Å². The average molecular weight is 377 g/mol. The highest BCUT2D eigenvalue weighted by atomic mass is 16.2. The second-order valence-corrected chi connectivity index (χ2v) is 8.21. The molecule has 4 rings (SSSR count). The Morgan fingerprint density at radius 2 is 1.93 bits per heavy atom. The Labute approximate surface area is 166 Å². The average Bonchev–Trinajstić information content (AvgIpc) is 3.45. The van der Waals surface area contributed by atoms with Crippen LogP contribution >= 0.6 is 0 Å². The minimum absolute atomic E-state index is 0.0625. The first-order valence-corrected chi connectivity index (χ1v) is 10.2. The van der Waals surface area contributed by atoms with Crippen LogP contribution in [0.2, 0.25) is 0 Å². The van der Waals surface area contributed by atoms with Crippen molar-refractivity contribution < 1.29 is 4.79 Å². The second-order valence-electron chi connectivity index (χ2n) is 8.21. The second kappa shape index (κ2) is 7.38. The van der Waals surface area contributed by atoms with E-state index in [1.54, 1.807) is 0 Å². The molecule has 1 amide bonds. The molecule has 0 saturated heterocycles. The minimum atomic E-state index is 0.0625. The molecule has 0 bridgehead atoms. The van der Waals surface area contributed by atoms with Crippen LogP contribution in [0.3, 0.4) is 0 Å². The molecule has 0 aliphatic heterocycles. The zero-order valence-corrected chi connectivity index (χ0v) is 17.1. The Kier molecular flexibility index (Phi) is 4.92. The molecular weight excluding hydrogens is 348 g/mol. The van der Waals surface area contributed by atoms with Gasteiger partial charge in [-0.05, 0) is 58.1 Å². The maximum atomic E-state index is 13.6. The van der Waals surface area contributed by atoms with Gasteiger partial charge in [-0.2, -0.15) is 5.10 Å². The lowest BCUT2D eigenvalue weighted by molar-refractivity contribution is 0.0653. The zero-order chi connectivity index (χ0) is 19.8. The van der Waals surface area contributed by atoms with Gasteiger partial charge in [0.25, 0.3) is 5.91 Å². The normalized spacial score (nSPS) is 15.2. The van der Waals surface area contributed by atoms with Gasteiger partial charge in [-0.1, -0.05) is 30.3 Å². The largest absolute Gasteiger partial charge is 0.331 e. The summed E-state index contributed by atoms with van der Waals surface area (Å²) in [5, 5.41) is 5.37. The number of carbonyl (C=O) groups is 1. The van der Waals surface area contributed by atoms with Gasteiger partial charge < -0.3 is 4.90 Å². The van der Waals surface area contributed by atoms with E-state index in [9.17, 15) is 4.79 Å². The Morgan fingerprint density at radius 3 is 2.57 bits per heavy atom. The highest BCUT2D eigenvalue weighted by Gasteiger charge is 2.35. The van der Waals surface area contributed by atoms with Crippen molar-refractivity contribution in [1.29, 1.82) is 0 Å². The van der Waals surface area contributed by atoms with Crippen molar-refractivity contribution in [2.75, 3.05) is 0 Å². The zero-order valence-electron chi connectivity index (χ0n) is 17.1. The van der Waals surface area contributed by atoms with Crippen LogP contribution in [0.5, 0.6) is 0 Å². The van der Waals surface area contributed by atoms with Gasteiger partial charge in [0.1, 0.15) is 0 Å². The van der Waals surface area contributed by atoms with E-state index in [4.69, 9.17) is 4.98 Å². The number of pyridine rings is 1. The van der Waals surface area contributed by atoms with Crippen molar-refractivity contribution in [3.8, 4) is 0 Å². The maximum absolute atomic E-state index is 13.6. The van der Waals surface area contributed by atoms with Crippen LogP contribution < -0.4 is 0 Å². The van der Waals surface area contributed by atoms with Gasteiger partial charge in [0.2, 0.25) is 0 Å². The third-order valence-electron chi connectivity index (χ3n) is 5.73. The molecule has 0 N–H and O–H groups in total. The number of carbonyl (C=O) groups excluding carboxylic acids is 1. The van der Waals surface area contributed by atoms with E-state index in [0.717, 1.165) is 22.3 Å². The first kappa shape index (κ1) is 18.7. The Balaban J connectivity index is 1.70. The molecule has 1 aliphatic carbocycles.